The van der Waals surface area contributed by atoms with Crippen LogP contribution in [0.1, 0.15) is 24.0 Å². The van der Waals surface area contributed by atoms with Crippen molar-refractivity contribution in [1.82, 2.24) is 4.90 Å². The van der Waals surface area contributed by atoms with E-state index in [2.05, 4.69) is 10.2 Å². The summed E-state index contributed by atoms with van der Waals surface area (Å²) in [6, 6.07) is 14.0. The number of likely N-dealkylation sites (tertiary alicyclic amines) is 1. The number of anilines is 1. The predicted molar refractivity (Wildman–Crippen MR) is 102 cm³/mol. The molecule has 0 saturated carbocycles. The van der Waals surface area contributed by atoms with E-state index < -0.39 is 4.92 Å². The number of nitro benzene ring substituents is 1. The van der Waals surface area contributed by atoms with Gasteiger partial charge in [-0.2, -0.15) is 0 Å². The zero-order valence-electron chi connectivity index (χ0n) is 14.4. The standard InChI is InChI=1S/C20H21N3O3/c24-20(11-8-16-4-3-5-19(14-16)23(25)26)21-18-9-6-17(7-10-18)15-22-12-1-2-13-22/h3-11,14H,1-2,12-13,15H2,(H,21,24)/b11-8+. The van der Waals surface area contributed by atoms with Gasteiger partial charge in [0.2, 0.25) is 5.91 Å². The quantitative estimate of drug-likeness (QED) is 0.487. The highest BCUT2D eigenvalue weighted by molar-refractivity contribution is 6.01. The zero-order chi connectivity index (χ0) is 18.4. The molecule has 2 aromatic rings. The molecular weight excluding hydrogens is 330 g/mol. The number of carbonyl (C=O) groups excluding carboxylic acids is 1. The van der Waals surface area contributed by atoms with Crippen LogP contribution in [0.25, 0.3) is 6.08 Å². The number of rotatable bonds is 6. The Kier molecular flexibility index (Phi) is 5.76. The minimum atomic E-state index is -0.457. The molecule has 1 amide bonds. The van der Waals surface area contributed by atoms with Crippen LogP contribution in [0, 0.1) is 10.1 Å². The Morgan fingerprint density at radius 1 is 1.15 bits per heavy atom. The fourth-order valence-electron chi connectivity index (χ4n) is 2.99. The summed E-state index contributed by atoms with van der Waals surface area (Å²) in [5.74, 6) is -0.274. The zero-order valence-corrected chi connectivity index (χ0v) is 14.4. The Morgan fingerprint density at radius 3 is 2.58 bits per heavy atom. The molecule has 1 aliphatic heterocycles. The number of nitro groups is 1. The monoisotopic (exact) mass is 351 g/mol. The minimum absolute atomic E-state index is 0.00106. The van der Waals surface area contributed by atoms with Crippen molar-refractivity contribution < 1.29 is 9.72 Å². The summed E-state index contributed by atoms with van der Waals surface area (Å²) >= 11 is 0. The average Bonchev–Trinajstić information content (AvgIpc) is 3.15. The summed E-state index contributed by atoms with van der Waals surface area (Å²) in [5, 5.41) is 13.6. The Bertz CT molecular complexity index is 809. The van der Waals surface area contributed by atoms with E-state index >= 15 is 0 Å². The van der Waals surface area contributed by atoms with Crippen LogP contribution in [0.2, 0.25) is 0 Å². The van der Waals surface area contributed by atoms with Gasteiger partial charge in [0.25, 0.3) is 5.69 Å². The molecule has 0 aromatic heterocycles. The van der Waals surface area contributed by atoms with E-state index in [4.69, 9.17) is 0 Å². The first-order valence-electron chi connectivity index (χ1n) is 8.65. The topological polar surface area (TPSA) is 75.5 Å². The summed E-state index contributed by atoms with van der Waals surface area (Å²) in [6.07, 6.45) is 5.47. The number of benzene rings is 2. The molecule has 1 aliphatic rings. The summed E-state index contributed by atoms with van der Waals surface area (Å²) in [6.45, 7) is 3.25. The van der Waals surface area contributed by atoms with Crippen LogP contribution in [-0.4, -0.2) is 28.8 Å². The molecule has 0 aliphatic carbocycles. The van der Waals surface area contributed by atoms with E-state index in [1.54, 1.807) is 18.2 Å². The van der Waals surface area contributed by atoms with Gasteiger partial charge in [-0.05, 0) is 55.3 Å². The van der Waals surface area contributed by atoms with E-state index in [0.29, 0.717) is 5.56 Å². The molecule has 1 N–H and O–H groups in total. The van der Waals surface area contributed by atoms with Crippen molar-refractivity contribution in [3.05, 3.63) is 75.8 Å². The minimum Gasteiger partial charge on any atom is -0.323 e. The normalized spacial score (nSPS) is 14.6. The molecular formula is C20H21N3O3. The molecule has 3 rings (SSSR count). The summed E-state index contributed by atoms with van der Waals surface area (Å²) in [5.41, 5.74) is 2.57. The predicted octanol–water partition coefficient (Wildman–Crippen LogP) is 3.84. The highest BCUT2D eigenvalue weighted by atomic mass is 16.6. The van der Waals surface area contributed by atoms with Crippen LogP contribution < -0.4 is 5.32 Å². The molecule has 1 saturated heterocycles. The fourth-order valence-corrected chi connectivity index (χ4v) is 2.99. The molecule has 2 aromatic carbocycles. The first-order chi connectivity index (χ1) is 12.6. The lowest BCUT2D eigenvalue weighted by Gasteiger charge is -2.14. The summed E-state index contributed by atoms with van der Waals surface area (Å²) < 4.78 is 0. The number of nitrogens with zero attached hydrogens (tertiary/aromatic N) is 2. The Morgan fingerprint density at radius 2 is 1.88 bits per heavy atom. The maximum Gasteiger partial charge on any atom is 0.270 e. The van der Waals surface area contributed by atoms with E-state index in [-0.39, 0.29) is 11.6 Å². The molecule has 0 spiro atoms. The average molecular weight is 351 g/mol. The first-order valence-corrected chi connectivity index (χ1v) is 8.65. The van der Waals surface area contributed by atoms with Gasteiger partial charge in [0.05, 0.1) is 4.92 Å². The van der Waals surface area contributed by atoms with Gasteiger partial charge in [-0.3, -0.25) is 19.8 Å². The van der Waals surface area contributed by atoms with E-state index in [1.807, 2.05) is 24.3 Å². The van der Waals surface area contributed by atoms with Gasteiger partial charge in [0, 0.05) is 30.4 Å². The van der Waals surface area contributed by atoms with Crippen molar-refractivity contribution in [2.24, 2.45) is 0 Å². The van der Waals surface area contributed by atoms with Crippen LogP contribution in [0.3, 0.4) is 0 Å². The Labute approximate surface area is 152 Å². The third-order valence-corrected chi connectivity index (χ3v) is 4.33. The fraction of sp³-hybridized carbons (Fsp3) is 0.250. The maximum atomic E-state index is 12.0. The van der Waals surface area contributed by atoms with Gasteiger partial charge in [0.15, 0.2) is 0 Å². The van der Waals surface area contributed by atoms with Crippen molar-refractivity contribution in [1.29, 1.82) is 0 Å². The third kappa shape index (κ3) is 5.00. The van der Waals surface area contributed by atoms with Crippen molar-refractivity contribution >= 4 is 23.4 Å². The van der Waals surface area contributed by atoms with Crippen molar-refractivity contribution in [2.75, 3.05) is 18.4 Å². The van der Waals surface area contributed by atoms with Gasteiger partial charge in [-0.25, -0.2) is 0 Å². The van der Waals surface area contributed by atoms with Crippen LogP contribution in [0.5, 0.6) is 0 Å². The second-order valence-electron chi connectivity index (χ2n) is 6.35. The molecule has 1 fully saturated rings. The van der Waals surface area contributed by atoms with Crippen molar-refractivity contribution in [2.45, 2.75) is 19.4 Å². The molecule has 0 radical (unpaired) electrons. The lowest BCUT2D eigenvalue weighted by molar-refractivity contribution is -0.384. The number of carbonyl (C=O) groups is 1. The molecule has 0 unspecified atom stereocenters. The maximum absolute atomic E-state index is 12.0. The second-order valence-corrected chi connectivity index (χ2v) is 6.35. The first kappa shape index (κ1) is 17.8. The molecule has 6 heteroatoms. The van der Waals surface area contributed by atoms with Crippen LogP contribution in [-0.2, 0) is 11.3 Å². The highest BCUT2D eigenvalue weighted by Crippen LogP contribution is 2.16. The van der Waals surface area contributed by atoms with Gasteiger partial charge >= 0.3 is 0 Å². The number of non-ortho nitro benzene ring substituents is 1. The van der Waals surface area contributed by atoms with Crippen LogP contribution >= 0.6 is 0 Å². The molecule has 1 heterocycles. The third-order valence-electron chi connectivity index (χ3n) is 4.33. The van der Waals surface area contributed by atoms with Gasteiger partial charge in [0.1, 0.15) is 0 Å². The molecule has 0 atom stereocenters. The van der Waals surface area contributed by atoms with Crippen LogP contribution in [0.15, 0.2) is 54.6 Å². The van der Waals surface area contributed by atoms with E-state index in [9.17, 15) is 14.9 Å². The van der Waals surface area contributed by atoms with Gasteiger partial charge < -0.3 is 5.32 Å². The van der Waals surface area contributed by atoms with Crippen LogP contribution in [0.4, 0.5) is 11.4 Å². The number of hydrogen-bond acceptors (Lipinski definition) is 4. The van der Waals surface area contributed by atoms with Gasteiger partial charge in [-0.15, -0.1) is 0 Å². The molecule has 0 bridgehead atoms. The van der Waals surface area contributed by atoms with E-state index in [1.165, 1.54) is 36.6 Å². The van der Waals surface area contributed by atoms with Crippen molar-refractivity contribution in [3.63, 3.8) is 0 Å². The number of nitrogens with one attached hydrogen (secondary N) is 1. The second kappa shape index (κ2) is 8.40. The number of amides is 1. The molecule has 26 heavy (non-hydrogen) atoms. The van der Waals surface area contributed by atoms with Crippen molar-refractivity contribution in [3.8, 4) is 0 Å². The Balaban J connectivity index is 1.55. The smallest absolute Gasteiger partial charge is 0.270 e. The lowest BCUT2D eigenvalue weighted by Crippen LogP contribution is -2.18. The van der Waals surface area contributed by atoms with E-state index in [0.717, 1.165) is 25.3 Å². The lowest BCUT2D eigenvalue weighted by atomic mass is 10.2. The van der Waals surface area contributed by atoms with Gasteiger partial charge in [-0.1, -0.05) is 24.3 Å². The molecule has 6 nitrogen and oxygen atoms in total. The summed E-state index contributed by atoms with van der Waals surface area (Å²) in [7, 11) is 0. The molecule has 134 valence electrons. The Hall–Kier alpha value is -2.99. The summed E-state index contributed by atoms with van der Waals surface area (Å²) in [4.78, 5) is 24.8. The number of hydrogen-bond donors (Lipinski definition) is 1. The highest BCUT2D eigenvalue weighted by Gasteiger charge is 2.11. The largest absolute Gasteiger partial charge is 0.323 e. The SMILES string of the molecule is O=C(/C=C/c1cccc([N+](=O)[O-])c1)Nc1ccc(CN2CCCC2)cc1.